The minimum atomic E-state index is -0.347. The molecule has 1 heterocycles. The number of aryl methyl sites for hydroxylation is 2. The van der Waals surface area contributed by atoms with Crippen LogP contribution in [-0.2, 0) is 22.4 Å². The second-order valence-corrected chi connectivity index (χ2v) is 11.4. The van der Waals surface area contributed by atoms with E-state index >= 15 is 0 Å². The maximum Gasteiger partial charge on any atom is 0.348 e. The summed E-state index contributed by atoms with van der Waals surface area (Å²) in [5.74, 6) is 2.10. The van der Waals surface area contributed by atoms with Crippen LogP contribution in [0, 0.1) is 23.2 Å². The van der Waals surface area contributed by atoms with Gasteiger partial charge in [0, 0.05) is 10.9 Å². The molecule has 4 nitrogen and oxygen atoms in total. The van der Waals surface area contributed by atoms with Crippen LogP contribution >= 0.6 is 11.3 Å². The van der Waals surface area contributed by atoms with Crippen molar-refractivity contribution < 1.29 is 14.3 Å². The number of esters is 1. The molecule has 1 amide bonds. The number of amides is 1. The van der Waals surface area contributed by atoms with E-state index in [1.807, 2.05) is 6.07 Å². The molecule has 0 radical (unpaired) electrons. The zero-order valence-electron chi connectivity index (χ0n) is 17.5. The summed E-state index contributed by atoms with van der Waals surface area (Å²) in [4.78, 5) is 27.0. The molecule has 4 fully saturated rings. The van der Waals surface area contributed by atoms with E-state index in [1.165, 1.54) is 68.2 Å². The zero-order valence-corrected chi connectivity index (χ0v) is 18.3. The normalized spacial score (nSPS) is 33.6. The van der Waals surface area contributed by atoms with Gasteiger partial charge in [0.05, 0.1) is 0 Å². The van der Waals surface area contributed by atoms with Crippen molar-refractivity contribution in [3.05, 3.63) is 21.4 Å². The monoisotopic (exact) mass is 415 g/mol. The highest BCUT2D eigenvalue weighted by molar-refractivity contribution is 7.14. The summed E-state index contributed by atoms with van der Waals surface area (Å²) < 4.78 is 5.38. The Labute approximate surface area is 177 Å². The van der Waals surface area contributed by atoms with Gasteiger partial charge in [0.15, 0.2) is 6.61 Å². The van der Waals surface area contributed by atoms with Crippen LogP contribution in [0.25, 0.3) is 0 Å². The molecule has 0 unspecified atom stereocenters. The van der Waals surface area contributed by atoms with Gasteiger partial charge in [0.25, 0.3) is 5.91 Å². The Kier molecular flexibility index (Phi) is 5.21. The number of carbonyl (C=O) groups excluding carboxylic acids is 2. The number of fused-ring (bicyclic) bond motifs is 1. The van der Waals surface area contributed by atoms with Gasteiger partial charge in [-0.15, -0.1) is 11.3 Å². The Morgan fingerprint density at radius 3 is 2.45 bits per heavy atom. The Hall–Kier alpha value is -1.36. The van der Waals surface area contributed by atoms with Crippen LogP contribution in [0.5, 0.6) is 0 Å². The van der Waals surface area contributed by atoms with Crippen molar-refractivity contribution >= 4 is 23.2 Å². The molecule has 1 aromatic rings. The van der Waals surface area contributed by atoms with E-state index < -0.39 is 0 Å². The molecule has 1 atom stereocenters. The van der Waals surface area contributed by atoms with Gasteiger partial charge in [0.2, 0.25) is 0 Å². The van der Waals surface area contributed by atoms with Crippen molar-refractivity contribution in [1.82, 2.24) is 5.32 Å². The molecule has 4 saturated carbocycles. The van der Waals surface area contributed by atoms with Crippen molar-refractivity contribution in [2.24, 2.45) is 23.2 Å². The topological polar surface area (TPSA) is 55.4 Å². The van der Waals surface area contributed by atoms with Crippen LogP contribution in [-0.4, -0.2) is 24.5 Å². The van der Waals surface area contributed by atoms with E-state index in [4.69, 9.17) is 4.74 Å². The lowest BCUT2D eigenvalue weighted by molar-refractivity contribution is -0.128. The van der Waals surface area contributed by atoms with Crippen LogP contribution in [0.1, 0.15) is 84.8 Å². The molecular formula is C24H33NO3S. The molecular weight excluding hydrogens is 382 g/mol. The SMILES string of the molecule is C[C@@H](NC(=O)COC(=O)c1cc2c(s1)CCCCC2)C12CC3CC(CC(C3)C1)C2. The highest BCUT2D eigenvalue weighted by atomic mass is 32.1. The maximum absolute atomic E-state index is 12.5. The summed E-state index contributed by atoms with van der Waals surface area (Å²) in [7, 11) is 0. The summed E-state index contributed by atoms with van der Waals surface area (Å²) in [6, 6.07) is 2.16. The van der Waals surface area contributed by atoms with Crippen molar-refractivity contribution in [1.29, 1.82) is 0 Å². The number of ether oxygens (including phenoxy) is 1. The van der Waals surface area contributed by atoms with Crippen LogP contribution in [0.3, 0.4) is 0 Å². The molecule has 5 aliphatic carbocycles. The highest BCUT2D eigenvalue weighted by Gasteiger charge is 2.53. The second-order valence-electron chi connectivity index (χ2n) is 10.3. The maximum atomic E-state index is 12.5. The molecule has 1 N–H and O–H groups in total. The van der Waals surface area contributed by atoms with Gasteiger partial charge in [-0.1, -0.05) is 6.42 Å². The molecule has 158 valence electrons. The number of nitrogens with one attached hydrogen (secondary N) is 1. The molecule has 0 spiro atoms. The summed E-state index contributed by atoms with van der Waals surface area (Å²) in [6.07, 6.45) is 13.8. The number of rotatable bonds is 5. The number of thiophene rings is 1. The lowest BCUT2D eigenvalue weighted by Crippen LogP contribution is -2.56. The Balaban J connectivity index is 1.15. The molecule has 0 aromatic carbocycles. The summed E-state index contributed by atoms with van der Waals surface area (Å²) in [5.41, 5.74) is 1.58. The van der Waals surface area contributed by atoms with Crippen molar-refractivity contribution in [2.45, 2.75) is 83.6 Å². The first-order valence-corrected chi connectivity index (χ1v) is 12.4. The third-order valence-electron chi connectivity index (χ3n) is 8.16. The minimum absolute atomic E-state index is 0.153. The molecule has 0 aliphatic heterocycles. The second kappa shape index (κ2) is 7.72. The van der Waals surface area contributed by atoms with Crippen LogP contribution < -0.4 is 5.32 Å². The third-order valence-corrected chi connectivity index (χ3v) is 9.38. The Bertz CT molecular complexity index is 739. The number of carbonyl (C=O) groups is 2. The third kappa shape index (κ3) is 3.87. The fourth-order valence-electron chi connectivity index (χ4n) is 7.11. The van der Waals surface area contributed by atoms with Gasteiger partial charge in [-0.05, 0) is 106 Å². The van der Waals surface area contributed by atoms with Gasteiger partial charge in [-0.25, -0.2) is 4.79 Å². The predicted molar refractivity (Wildman–Crippen MR) is 114 cm³/mol. The van der Waals surface area contributed by atoms with Crippen molar-refractivity contribution in [2.75, 3.05) is 6.61 Å². The fourth-order valence-corrected chi connectivity index (χ4v) is 8.26. The molecule has 29 heavy (non-hydrogen) atoms. The molecule has 5 heteroatoms. The summed E-state index contributed by atoms with van der Waals surface area (Å²) in [6.45, 7) is 2.00. The zero-order chi connectivity index (χ0) is 20.0. The lowest BCUT2D eigenvalue weighted by Gasteiger charge is -2.59. The quantitative estimate of drug-likeness (QED) is 0.550. The molecule has 0 saturated heterocycles. The molecule has 6 rings (SSSR count). The largest absolute Gasteiger partial charge is 0.451 e. The van der Waals surface area contributed by atoms with Crippen LogP contribution in [0.15, 0.2) is 6.07 Å². The van der Waals surface area contributed by atoms with E-state index in [-0.39, 0.29) is 29.9 Å². The van der Waals surface area contributed by atoms with Crippen molar-refractivity contribution in [3.63, 3.8) is 0 Å². The van der Waals surface area contributed by atoms with Gasteiger partial charge < -0.3 is 10.1 Å². The lowest BCUT2D eigenvalue weighted by atomic mass is 9.48. The Morgan fingerprint density at radius 2 is 1.76 bits per heavy atom. The average Bonchev–Trinajstić information content (AvgIpc) is 2.96. The Morgan fingerprint density at radius 1 is 1.10 bits per heavy atom. The summed E-state index contributed by atoms with van der Waals surface area (Å²) in [5, 5.41) is 3.19. The van der Waals surface area contributed by atoms with Crippen LogP contribution in [0.2, 0.25) is 0 Å². The molecule has 5 aliphatic rings. The first kappa shape index (κ1) is 19.6. The van der Waals surface area contributed by atoms with E-state index in [0.29, 0.717) is 4.88 Å². The first-order valence-electron chi connectivity index (χ1n) is 11.6. The van der Waals surface area contributed by atoms with Gasteiger partial charge in [-0.2, -0.15) is 0 Å². The van der Waals surface area contributed by atoms with Crippen molar-refractivity contribution in [3.8, 4) is 0 Å². The van der Waals surface area contributed by atoms with Gasteiger partial charge in [0.1, 0.15) is 4.88 Å². The standard InChI is InChI=1S/C24H33NO3S/c1-15(24-11-16-7-17(12-24)9-18(8-16)13-24)25-22(26)14-28-23(27)21-10-19-5-3-2-4-6-20(19)29-21/h10,15-18H,2-9,11-14H2,1H3,(H,25,26)/t15-,16?,17?,18?,24?/m1/s1. The van der Waals surface area contributed by atoms with Gasteiger partial charge >= 0.3 is 5.97 Å². The first-order chi connectivity index (χ1) is 14.0. The average molecular weight is 416 g/mol. The number of hydrogen-bond donors (Lipinski definition) is 1. The minimum Gasteiger partial charge on any atom is -0.451 e. The van der Waals surface area contributed by atoms with E-state index in [0.717, 1.165) is 30.6 Å². The van der Waals surface area contributed by atoms with Crippen LogP contribution in [0.4, 0.5) is 0 Å². The highest BCUT2D eigenvalue weighted by Crippen LogP contribution is 2.61. The fraction of sp³-hybridized carbons (Fsp3) is 0.750. The smallest absolute Gasteiger partial charge is 0.348 e. The van der Waals surface area contributed by atoms with Gasteiger partial charge in [-0.3, -0.25) is 4.79 Å². The van der Waals surface area contributed by atoms with E-state index in [2.05, 4.69) is 12.2 Å². The predicted octanol–water partition coefficient (Wildman–Crippen LogP) is 4.89. The number of hydrogen-bond acceptors (Lipinski definition) is 4. The van der Waals surface area contributed by atoms with E-state index in [9.17, 15) is 9.59 Å². The van der Waals surface area contributed by atoms with E-state index in [1.54, 1.807) is 11.3 Å². The summed E-state index contributed by atoms with van der Waals surface area (Å²) >= 11 is 1.55. The molecule has 1 aromatic heterocycles. The molecule has 4 bridgehead atoms.